The Morgan fingerprint density at radius 2 is 2.00 bits per heavy atom. The van der Waals surface area contributed by atoms with Gasteiger partial charge >= 0.3 is 11.9 Å². The van der Waals surface area contributed by atoms with Crippen LogP contribution < -0.4 is 5.56 Å². The van der Waals surface area contributed by atoms with Crippen molar-refractivity contribution in [2.75, 3.05) is 0 Å². The molecular formula is C25H24N2O6. The van der Waals surface area contributed by atoms with Crippen LogP contribution in [0.25, 0.3) is 22.3 Å². The summed E-state index contributed by atoms with van der Waals surface area (Å²) < 4.78 is 12.2. The second-order valence-electron chi connectivity index (χ2n) is 9.47. The molecule has 2 aliphatic rings. The monoisotopic (exact) mass is 448 g/mol. The predicted molar refractivity (Wildman–Crippen MR) is 119 cm³/mol. The molecule has 2 aliphatic heterocycles. The third-order valence-corrected chi connectivity index (χ3v) is 6.11. The van der Waals surface area contributed by atoms with Crippen LogP contribution in [0.5, 0.6) is 0 Å². The number of esters is 2. The van der Waals surface area contributed by atoms with Crippen LogP contribution >= 0.6 is 0 Å². The highest BCUT2D eigenvalue weighted by molar-refractivity contribution is 5.91. The molecule has 4 heterocycles. The number of carbonyl (C=O) groups excluding carboxylic acids is 2. The molecule has 8 heteroatoms. The number of pyridine rings is 2. The Kier molecular flexibility index (Phi) is 4.52. The lowest BCUT2D eigenvalue weighted by Gasteiger charge is -2.36. The lowest BCUT2D eigenvalue weighted by Crippen LogP contribution is -2.48. The van der Waals surface area contributed by atoms with Crippen LogP contribution in [-0.4, -0.2) is 32.2 Å². The molecule has 0 spiro atoms. The third-order valence-electron chi connectivity index (χ3n) is 6.11. The largest absolute Gasteiger partial charge is 0.457 e. The van der Waals surface area contributed by atoms with Crippen molar-refractivity contribution >= 4 is 22.8 Å². The van der Waals surface area contributed by atoms with Gasteiger partial charge in [-0.05, 0) is 45.4 Å². The zero-order chi connectivity index (χ0) is 23.7. The quantitative estimate of drug-likeness (QED) is 0.470. The zero-order valence-electron chi connectivity index (χ0n) is 18.8. The van der Waals surface area contributed by atoms with Crippen LogP contribution in [0.1, 0.15) is 56.9 Å². The second-order valence-corrected chi connectivity index (χ2v) is 9.47. The zero-order valence-corrected chi connectivity index (χ0v) is 18.8. The summed E-state index contributed by atoms with van der Waals surface area (Å²) in [6.07, 6.45) is -1.58. The van der Waals surface area contributed by atoms with E-state index in [2.05, 4.69) is 0 Å². The summed E-state index contributed by atoms with van der Waals surface area (Å²) in [6.45, 7) is 6.92. The number of fused-ring (bicyclic) bond motifs is 5. The first kappa shape index (κ1) is 21.3. The minimum atomic E-state index is -2.05. The number of nitrogens with zero attached hydrogens (tertiary/aromatic N) is 2. The van der Waals surface area contributed by atoms with Crippen molar-refractivity contribution in [3.63, 3.8) is 0 Å². The van der Waals surface area contributed by atoms with E-state index in [0.29, 0.717) is 11.4 Å². The summed E-state index contributed by atoms with van der Waals surface area (Å²) in [5.41, 5.74) is -0.715. The van der Waals surface area contributed by atoms with Gasteiger partial charge in [-0.3, -0.25) is 4.79 Å². The number of benzene rings is 1. The Balaban J connectivity index is 1.75. The normalized spacial score (nSPS) is 21.2. The number of aromatic nitrogens is 2. The van der Waals surface area contributed by atoms with Gasteiger partial charge in [-0.1, -0.05) is 25.1 Å². The van der Waals surface area contributed by atoms with Crippen molar-refractivity contribution in [2.45, 2.75) is 58.0 Å². The van der Waals surface area contributed by atoms with E-state index in [1.54, 1.807) is 33.8 Å². The maximum atomic E-state index is 13.7. The first-order valence-electron chi connectivity index (χ1n) is 10.9. The summed E-state index contributed by atoms with van der Waals surface area (Å²) in [6, 6.07) is 11.2. The molecule has 1 N–H and O–H groups in total. The Hall–Kier alpha value is -3.52. The molecule has 5 rings (SSSR count). The number of hydrogen-bond donors (Lipinski definition) is 1. The van der Waals surface area contributed by atoms with Crippen molar-refractivity contribution in [2.24, 2.45) is 0 Å². The van der Waals surface area contributed by atoms with Crippen molar-refractivity contribution in [3.05, 3.63) is 63.4 Å². The van der Waals surface area contributed by atoms with Gasteiger partial charge in [0, 0.05) is 16.5 Å². The van der Waals surface area contributed by atoms with Gasteiger partial charge in [0.05, 0.1) is 29.0 Å². The highest BCUT2D eigenvalue weighted by Crippen LogP contribution is 2.42. The maximum absolute atomic E-state index is 13.7. The first-order valence-corrected chi connectivity index (χ1v) is 10.9. The fourth-order valence-electron chi connectivity index (χ4n) is 4.51. The van der Waals surface area contributed by atoms with E-state index in [1.165, 1.54) is 4.57 Å². The van der Waals surface area contributed by atoms with E-state index in [1.807, 2.05) is 30.3 Å². The molecule has 170 valence electrons. The lowest BCUT2D eigenvalue weighted by molar-refractivity contribution is -0.192. The lowest BCUT2D eigenvalue weighted by atomic mass is 9.83. The molecule has 1 unspecified atom stereocenters. The van der Waals surface area contributed by atoms with Crippen LogP contribution in [0.2, 0.25) is 0 Å². The molecule has 0 saturated carbocycles. The number of ether oxygens (including phenoxy) is 2. The highest BCUT2D eigenvalue weighted by atomic mass is 16.6. The van der Waals surface area contributed by atoms with Crippen LogP contribution in [0.15, 0.2) is 41.2 Å². The first-order chi connectivity index (χ1) is 15.5. The topological polar surface area (TPSA) is 108 Å². The molecule has 0 amide bonds. The fraction of sp³-hybridized carbons (Fsp3) is 0.360. The Morgan fingerprint density at radius 3 is 2.70 bits per heavy atom. The van der Waals surface area contributed by atoms with Gasteiger partial charge in [-0.15, -0.1) is 0 Å². The van der Waals surface area contributed by atoms with Crippen molar-refractivity contribution < 1.29 is 24.2 Å². The van der Waals surface area contributed by atoms with Crippen LogP contribution in [-0.2, 0) is 31.2 Å². The number of hydrogen-bond acceptors (Lipinski definition) is 7. The molecule has 0 radical (unpaired) electrons. The molecule has 2 aromatic heterocycles. The van der Waals surface area contributed by atoms with Gasteiger partial charge in [0.15, 0.2) is 5.60 Å². The molecule has 2 atom stereocenters. The molecule has 0 bridgehead atoms. The van der Waals surface area contributed by atoms with Gasteiger partial charge in [0.2, 0.25) is 6.10 Å². The molecule has 8 nitrogen and oxygen atoms in total. The van der Waals surface area contributed by atoms with E-state index in [4.69, 9.17) is 14.5 Å². The van der Waals surface area contributed by atoms with E-state index in [0.717, 1.165) is 16.5 Å². The smallest absolute Gasteiger partial charge is 0.352 e. The Labute approximate surface area is 189 Å². The number of para-hydroxylation sites is 1. The molecule has 0 saturated heterocycles. The summed E-state index contributed by atoms with van der Waals surface area (Å²) in [5, 5.41) is 12.2. The minimum Gasteiger partial charge on any atom is -0.457 e. The van der Waals surface area contributed by atoms with Crippen LogP contribution in [0, 0.1) is 0 Å². The van der Waals surface area contributed by atoms with E-state index < -0.39 is 34.8 Å². The molecule has 3 aromatic rings. The average molecular weight is 448 g/mol. The third kappa shape index (κ3) is 3.16. The molecule has 0 aliphatic carbocycles. The maximum Gasteiger partial charge on any atom is 0.352 e. The van der Waals surface area contributed by atoms with E-state index >= 15 is 0 Å². The van der Waals surface area contributed by atoms with Gasteiger partial charge in [-0.2, -0.15) is 0 Å². The van der Waals surface area contributed by atoms with Gasteiger partial charge in [0.25, 0.3) is 5.56 Å². The molecule has 0 fully saturated rings. The van der Waals surface area contributed by atoms with Crippen molar-refractivity contribution in [1.29, 1.82) is 0 Å². The standard InChI is InChI=1S/C25H24N2O6/c1-5-25(31)15-11-17-19-14(10-13-8-6-7-9-16(13)26-19)12-27(17)21(28)18(15)20(32-23(25)30)22(29)33-24(2,3)4/h6-11,20,31H,5,12H2,1-4H3/t20?,25-/m0/s1. The summed E-state index contributed by atoms with van der Waals surface area (Å²) >= 11 is 0. The summed E-state index contributed by atoms with van der Waals surface area (Å²) in [5.74, 6) is -1.84. The number of cyclic esters (lactones) is 1. The van der Waals surface area contributed by atoms with Gasteiger partial charge < -0.3 is 19.1 Å². The van der Waals surface area contributed by atoms with Crippen LogP contribution in [0.4, 0.5) is 0 Å². The molecule has 33 heavy (non-hydrogen) atoms. The van der Waals surface area contributed by atoms with E-state index in [9.17, 15) is 19.5 Å². The summed E-state index contributed by atoms with van der Waals surface area (Å²) in [4.78, 5) is 44.1. The van der Waals surface area contributed by atoms with Crippen molar-refractivity contribution in [3.8, 4) is 11.4 Å². The van der Waals surface area contributed by atoms with Crippen LogP contribution in [0.3, 0.4) is 0 Å². The predicted octanol–water partition coefficient (Wildman–Crippen LogP) is 2.96. The SMILES string of the molecule is CC[C@@]1(O)C(=O)OC(C(=O)OC(C)(C)C)c2c1cc1n(c2=O)Cc2cc3ccccc3nc2-1. The number of rotatable bonds is 2. The number of carbonyl (C=O) groups is 2. The number of aliphatic hydroxyl groups is 1. The van der Waals surface area contributed by atoms with E-state index in [-0.39, 0.29) is 24.1 Å². The minimum absolute atomic E-state index is 0.0270. The van der Waals surface area contributed by atoms with Gasteiger partial charge in [0.1, 0.15) is 5.60 Å². The average Bonchev–Trinajstić information content (AvgIpc) is 3.11. The molecule has 1 aromatic carbocycles. The Bertz CT molecular complexity index is 1400. The second kappa shape index (κ2) is 6.99. The summed E-state index contributed by atoms with van der Waals surface area (Å²) in [7, 11) is 0. The molecular weight excluding hydrogens is 424 g/mol. The fourth-order valence-corrected chi connectivity index (χ4v) is 4.51. The van der Waals surface area contributed by atoms with Crippen molar-refractivity contribution in [1.82, 2.24) is 9.55 Å². The Morgan fingerprint density at radius 1 is 1.27 bits per heavy atom. The highest BCUT2D eigenvalue weighted by Gasteiger charge is 2.51. The van der Waals surface area contributed by atoms with Gasteiger partial charge in [-0.25, -0.2) is 14.6 Å².